The van der Waals surface area contributed by atoms with E-state index in [0.29, 0.717) is 49.8 Å². The van der Waals surface area contributed by atoms with Gasteiger partial charge in [-0.2, -0.15) is 0 Å². The quantitative estimate of drug-likeness (QED) is 0.410. The summed E-state index contributed by atoms with van der Waals surface area (Å²) in [4.78, 5) is 28.6. The second-order valence-corrected chi connectivity index (χ2v) is 8.35. The van der Waals surface area contributed by atoms with E-state index in [1.54, 1.807) is 48.0 Å². The molecule has 1 aliphatic rings. The Kier molecular flexibility index (Phi) is 4.78. The standard InChI is InChI=1S/C26H21F2N3O2/c1-13-7-18-23(10-19(13)27)31(12-15-8-17-21(29)11-30-22(17)9-20(15)28)26(14(2)32)25(18)16-5-3-4-6-24(16)33/h3-5,7-11,30H,6,12,29H2,1-2H3. The van der Waals surface area contributed by atoms with Crippen molar-refractivity contribution in [1.29, 1.82) is 0 Å². The Morgan fingerprint density at radius 3 is 2.67 bits per heavy atom. The molecule has 0 aliphatic heterocycles. The van der Waals surface area contributed by atoms with Crippen molar-refractivity contribution in [3.63, 3.8) is 0 Å². The topological polar surface area (TPSA) is 80.9 Å². The number of nitrogens with two attached hydrogens (primary N) is 1. The zero-order valence-electron chi connectivity index (χ0n) is 18.1. The Morgan fingerprint density at radius 1 is 1.15 bits per heavy atom. The third-order valence-electron chi connectivity index (χ3n) is 6.16. The van der Waals surface area contributed by atoms with Crippen LogP contribution >= 0.6 is 0 Å². The summed E-state index contributed by atoms with van der Waals surface area (Å²) in [5, 5.41) is 1.24. The van der Waals surface area contributed by atoms with E-state index in [-0.39, 0.29) is 30.2 Å². The Bertz CT molecular complexity index is 1550. The van der Waals surface area contributed by atoms with Crippen LogP contribution < -0.4 is 5.73 Å². The summed E-state index contributed by atoms with van der Waals surface area (Å²) >= 11 is 0. The Hall–Kier alpha value is -4.00. The van der Waals surface area contributed by atoms with Crippen molar-refractivity contribution in [2.45, 2.75) is 26.8 Å². The molecule has 0 saturated heterocycles. The molecule has 0 spiro atoms. The number of carbonyl (C=O) groups excluding carboxylic acids is 2. The van der Waals surface area contributed by atoms with Gasteiger partial charge < -0.3 is 15.3 Å². The van der Waals surface area contributed by atoms with Gasteiger partial charge in [0.1, 0.15) is 11.6 Å². The fourth-order valence-electron chi connectivity index (χ4n) is 4.55. The summed E-state index contributed by atoms with van der Waals surface area (Å²) in [5.41, 5.74) is 9.23. The SMILES string of the molecule is CC(=O)c1c(C2=CC=CCC2=O)c2cc(C)c(F)cc2n1Cc1cc2c(N)c[nH]c2cc1F. The number of fused-ring (bicyclic) bond motifs is 2. The lowest BCUT2D eigenvalue weighted by Crippen LogP contribution is -2.12. The van der Waals surface area contributed by atoms with Crippen LogP contribution in [0.15, 0.2) is 48.7 Å². The Labute approximate surface area is 188 Å². The number of nitrogens with zero attached hydrogens (tertiary/aromatic N) is 1. The van der Waals surface area contributed by atoms with Gasteiger partial charge in [-0.15, -0.1) is 0 Å². The van der Waals surface area contributed by atoms with Gasteiger partial charge in [-0.1, -0.05) is 18.2 Å². The van der Waals surface area contributed by atoms with E-state index >= 15 is 4.39 Å². The average molecular weight is 445 g/mol. The molecule has 0 amide bonds. The number of nitrogens with one attached hydrogen (secondary N) is 1. The number of nitrogen functional groups attached to an aromatic ring is 1. The molecular formula is C26H21F2N3O2. The minimum Gasteiger partial charge on any atom is -0.397 e. The molecule has 7 heteroatoms. The maximum atomic E-state index is 15.0. The number of aromatic nitrogens is 2. The number of ketones is 2. The largest absolute Gasteiger partial charge is 0.397 e. The van der Waals surface area contributed by atoms with Gasteiger partial charge in [0.25, 0.3) is 0 Å². The fourth-order valence-corrected chi connectivity index (χ4v) is 4.55. The molecule has 2 aromatic carbocycles. The van der Waals surface area contributed by atoms with Crippen molar-refractivity contribution >= 4 is 44.6 Å². The highest BCUT2D eigenvalue weighted by molar-refractivity contribution is 6.27. The van der Waals surface area contributed by atoms with Crippen LogP contribution in [-0.4, -0.2) is 21.1 Å². The van der Waals surface area contributed by atoms with E-state index in [9.17, 15) is 14.0 Å². The third-order valence-corrected chi connectivity index (χ3v) is 6.16. The minimum absolute atomic E-state index is 0.0301. The first-order chi connectivity index (χ1) is 15.8. The van der Waals surface area contributed by atoms with Gasteiger partial charge in [-0.3, -0.25) is 9.59 Å². The van der Waals surface area contributed by atoms with Crippen molar-refractivity contribution in [3.8, 4) is 0 Å². The minimum atomic E-state index is -0.481. The van der Waals surface area contributed by atoms with Crippen LogP contribution in [0.4, 0.5) is 14.5 Å². The highest BCUT2D eigenvalue weighted by Gasteiger charge is 2.27. The van der Waals surface area contributed by atoms with Crippen LogP contribution in [0.5, 0.6) is 0 Å². The summed E-state index contributed by atoms with van der Waals surface area (Å²) < 4.78 is 31.2. The molecule has 2 aromatic heterocycles. The smallest absolute Gasteiger partial charge is 0.176 e. The van der Waals surface area contributed by atoms with Crippen LogP contribution in [0.3, 0.4) is 0 Å². The molecular weight excluding hydrogens is 424 g/mol. The van der Waals surface area contributed by atoms with Crippen molar-refractivity contribution in [2.24, 2.45) is 0 Å². The first-order valence-corrected chi connectivity index (χ1v) is 10.5. The first kappa shape index (κ1) is 20.9. The summed E-state index contributed by atoms with van der Waals surface area (Å²) in [7, 11) is 0. The Morgan fingerprint density at radius 2 is 1.94 bits per heavy atom. The predicted octanol–water partition coefficient (Wildman–Crippen LogP) is 5.45. The summed E-state index contributed by atoms with van der Waals surface area (Å²) in [6.07, 6.45) is 6.99. The maximum absolute atomic E-state index is 15.0. The van der Waals surface area contributed by atoms with Gasteiger partial charge in [0.05, 0.1) is 29.0 Å². The second-order valence-electron chi connectivity index (χ2n) is 8.35. The number of halogens is 2. The lowest BCUT2D eigenvalue weighted by Gasteiger charge is -2.13. The number of hydrogen-bond acceptors (Lipinski definition) is 3. The summed E-state index contributed by atoms with van der Waals surface area (Å²) in [6, 6.07) is 5.96. The maximum Gasteiger partial charge on any atom is 0.176 e. The van der Waals surface area contributed by atoms with E-state index in [4.69, 9.17) is 5.73 Å². The number of carbonyl (C=O) groups is 2. The normalized spacial score (nSPS) is 13.8. The van der Waals surface area contributed by atoms with E-state index in [2.05, 4.69) is 4.98 Å². The number of H-pyrrole nitrogens is 1. The van der Waals surface area contributed by atoms with E-state index in [1.165, 1.54) is 19.1 Å². The van der Waals surface area contributed by atoms with Crippen LogP contribution in [-0.2, 0) is 11.3 Å². The summed E-state index contributed by atoms with van der Waals surface area (Å²) in [6.45, 7) is 2.99. The molecule has 0 saturated carbocycles. The van der Waals surface area contributed by atoms with Crippen molar-refractivity contribution in [1.82, 2.24) is 9.55 Å². The fraction of sp³-hybridized carbons (Fsp3) is 0.154. The third kappa shape index (κ3) is 3.28. The average Bonchev–Trinajstić information content (AvgIpc) is 3.27. The molecule has 0 atom stereocenters. The van der Waals surface area contributed by atoms with E-state index in [1.807, 2.05) is 0 Å². The van der Waals surface area contributed by atoms with Gasteiger partial charge in [0, 0.05) is 47.0 Å². The van der Waals surface area contributed by atoms with Gasteiger partial charge in [0.2, 0.25) is 0 Å². The van der Waals surface area contributed by atoms with Gasteiger partial charge in [-0.05, 0) is 36.8 Å². The highest BCUT2D eigenvalue weighted by atomic mass is 19.1. The lowest BCUT2D eigenvalue weighted by atomic mass is 9.92. The van der Waals surface area contributed by atoms with E-state index in [0.717, 1.165) is 0 Å². The number of rotatable bonds is 4. The van der Waals surface area contributed by atoms with Crippen LogP contribution in [0.1, 0.15) is 40.5 Å². The number of anilines is 1. The van der Waals surface area contributed by atoms with Gasteiger partial charge >= 0.3 is 0 Å². The zero-order valence-corrected chi connectivity index (χ0v) is 18.1. The number of hydrogen-bond donors (Lipinski definition) is 2. The monoisotopic (exact) mass is 445 g/mol. The van der Waals surface area contributed by atoms with Crippen LogP contribution in [0.25, 0.3) is 27.4 Å². The molecule has 4 aromatic rings. The number of benzene rings is 2. The number of Topliss-reactive ketones (excluding diaryl/α,β-unsaturated/α-hetero) is 2. The molecule has 166 valence electrons. The molecule has 3 N–H and O–H groups in total. The molecule has 5 nitrogen and oxygen atoms in total. The second kappa shape index (κ2) is 7.55. The first-order valence-electron chi connectivity index (χ1n) is 10.5. The number of allylic oxidation sites excluding steroid dienone is 4. The van der Waals surface area contributed by atoms with Crippen molar-refractivity contribution in [3.05, 3.63) is 82.7 Å². The molecule has 5 rings (SSSR count). The molecule has 33 heavy (non-hydrogen) atoms. The molecule has 0 bridgehead atoms. The number of aromatic amines is 1. The molecule has 0 radical (unpaired) electrons. The Balaban J connectivity index is 1.82. The van der Waals surface area contributed by atoms with Crippen molar-refractivity contribution in [2.75, 3.05) is 5.73 Å². The molecule has 1 aliphatic carbocycles. The summed E-state index contributed by atoms with van der Waals surface area (Å²) in [5.74, 6) is -1.36. The van der Waals surface area contributed by atoms with Crippen LogP contribution in [0, 0.1) is 18.6 Å². The number of aryl methyl sites for hydroxylation is 1. The molecule has 0 unspecified atom stereocenters. The molecule has 0 fully saturated rings. The highest BCUT2D eigenvalue weighted by Crippen LogP contribution is 2.37. The van der Waals surface area contributed by atoms with Gasteiger partial charge in [0.15, 0.2) is 11.6 Å². The van der Waals surface area contributed by atoms with Gasteiger partial charge in [-0.25, -0.2) is 8.78 Å². The van der Waals surface area contributed by atoms with Crippen LogP contribution in [0.2, 0.25) is 0 Å². The van der Waals surface area contributed by atoms with E-state index < -0.39 is 11.6 Å². The lowest BCUT2D eigenvalue weighted by molar-refractivity contribution is -0.113. The zero-order chi connectivity index (χ0) is 23.4. The molecule has 2 heterocycles. The predicted molar refractivity (Wildman–Crippen MR) is 125 cm³/mol. The van der Waals surface area contributed by atoms with Crippen molar-refractivity contribution < 1.29 is 18.4 Å².